The maximum atomic E-state index is 9.68. The third-order valence-electron chi connectivity index (χ3n) is 9.42. The fraction of sp³-hybridized carbons (Fsp3) is 0. The van der Waals surface area contributed by atoms with Crippen molar-refractivity contribution in [2.45, 2.75) is 0 Å². The first kappa shape index (κ1) is 26.5. The number of aromatic nitrogens is 1. The molecular weight excluding hydrogens is 609 g/mol. The molecule has 10 rings (SSSR count). The van der Waals surface area contributed by atoms with Crippen molar-refractivity contribution in [2.75, 3.05) is 0 Å². The van der Waals surface area contributed by atoms with Gasteiger partial charge in [0.25, 0.3) is 0 Å². The van der Waals surface area contributed by atoms with Crippen LogP contribution in [0.25, 0.3) is 90.1 Å². The van der Waals surface area contributed by atoms with Crippen LogP contribution in [0.1, 0.15) is 5.56 Å². The largest absolute Gasteiger partial charge is 0.308 e. The molecule has 47 heavy (non-hydrogen) atoms. The van der Waals surface area contributed by atoms with E-state index >= 15 is 0 Å². The molecule has 0 atom stereocenters. The fourth-order valence-electron chi connectivity index (χ4n) is 7.37. The van der Waals surface area contributed by atoms with Crippen molar-refractivity contribution in [3.8, 4) is 34.0 Å². The molecule has 3 aromatic heterocycles. The Morgan fingerprint density at radius 1 is 0.468 bits per heavy atom. The van der Waals surface area contributed by atoms with E-state index in [1.807, 2.05) is 34.8 Å². The van der Waals surface area contributed by atoms with Crippen molar-refractivity contribution in [3.63, 3.8) is 0 Å². The molecule has 0 amide bonds. The number of hydrogen-bond donors (Lipinski definition) is 0. The Bertz CT molecular complexity index is 2920. The van der Waals surface area contributed by atoms with E-state index in [0.717, 1.165) is 27.5 Å². The highest BCUT2D eigenvalue weighted by Crippen LogP contribution is 2.47. The summed E-state index contributed by atoms with van der Waals surface area (Å²) in [4.78, 5) is 0. The van der Waals surface area contributed by atoms with Crippen molar-refractivity contribution in [3.05, 3.63) is 151 Å². The monoisotopic (exact) mass is 632 g/mol. The first-order valence-corrected chi connectivity index (χ1v) is 17.3. The molecule has 0 aliphatic heterocycles. The van der Waals surface area contributed by atoms with Crippen LogP contribution in [-0.2, 0) is 0 Å². The zero-order valence-corrected chi connectivity index (χ0v) is 26.7. The SMILES string of the molecule is N#Cc1ccc2c(c1)c1ccccc1n2-c1cccc2c1sc1c(-c3ccccc3)cc(-c3cccc4sc5ccccc5c34)cc12. The van der Waals surface area contributed by atoms with Crippen molar-refractivity contribution in [2.24, 2.45) is 0 Å². The van der Waals surface area contributed by atoms with Gasteiger partial charge in [-0.15, -0.1) is 22.7 Å². The van der Waals surface area contributed by atoms with Crippen LogP contribution in [-0.4, -0.2) is 4.57 Å². The van der Waals surface area contributed by atoms with E-state index in [1.165, 1.54) is 62.6 Å². The van der Waals surface area contributed by atoms with E-state index in [2.05, 4.69) is 144 Å². The lowest BCUT2D eigenvalue weighted by Gasteiger charge is -2.10. The van der Waals surface area contributed by atoms with Gasteiger partial charge in [0.15, 0.2) is 0 Å². The predicted molar refractivity (Wildman–Crippen MR) is 202 cm³/mol. The van der Waals surface area contributed by atoms with Gasteiger partial charge in [-0.05, 0) is 71.3 Å². The summed E-state index contributed by atoms with van der Waals surface area (Å²) in [5, 5.41) is 17.1. The zero-order valence-electron chi connectivity index (χ0n) is 25.1. The zero-order chi connectivity index (χ0) is 31.1. The molecule has 7 aromatic carbocycles. The van der Waals surface area contributed by atoms with Gasteiger partial charge in [0.2, 0.25) is 0 Å². The molecule has 0 saturated heterocycles. The van der Waals surface area contributed by atoms with Gasteiger partial charge >= 0.3 is 0 Å². The highest BCUT2D eigenvalue weighted by molar-refractivity contribution is 7.27. The van der Waals surface area contributed by atoms with Gasteiger partial charge in [-0.25, -0.2) is 0 Å². The van der Waals surface area contributed by atoms with Crippen LogP contribution < -0.4 is 0 Å². The molecule has 2 nitrogen and oxygen atoms in total. The summed E-state index contributed by atoms with van der Waals surface area (Å²) in [6.45, 7) is 0. The number of rotatable bonds is 3. The van der Waals surface area contributed by atoms with E-state index in [4.69, 9.17) is 0 Å². The molecule has 10 aromatic rings. The summed E-state index contributed by atoms with van der Waals surface area (Å²) in [6, 6.07) is 54.7. The van der Waals surface area contributed by atoms with Gasteiger partial charge in [0.05, 0.1) is 33.1 Å². The maximum Gasteiger partial charge on any atom is 0.0991 e. The summed E-state index contributed by atoms with van der Waals surface area (Å²) >= 11 is 3.74. The number of nitriles is 1. The van der Waals surface area contributed by atoms with E-state index in [1.54, 1.807) is 0 Å². The Labute approximate surface area is 278 Å². The highest BCUT2D eigenvalue weighted by atomic mass is 32.1. The van der Waals surface area contributed by atoms with E-state index in [9.17, 15) is 5.26 Å². The van der Waals surface area contributed by atoms with Crippen LogP contribution in [0.3, 0.4) is 0 Å². The molecule has 0 N–H and O–H groups in total. The average Bonchev–Trinajstić information content (AvgIpc) is 3.81. The number of benzene rings is 7. The minimum Gasteiger partial charge on any atom is -0.308 e. The predicted octanol–water partition coefficient (Wildman–Crippen LogP) is 12.7. The summed E-state index contributed by atoms with van der Waals surface area (Å²) < 4.78 is 7.55. The van der Waals surface area contributed by atoms with Crippen molar-refractivity contribution in [1.29, 1.82) is 5.26 Å². The number of hydrogen-bond acceptors (Lipinski definition) is 3. The molecule has 0 aliphatic carbocycles. The Morgan fingerprint density at radius 3 is 2.11 bits per heavy atom. The second kappa shape index (κ2) is 10.1. The lowest BCUT2D eigenvalue weighted by Crippen LogP contribution is -1.93. The second-order valence-electron chi connectivity index (χ2n) is 12.0. The minimum absolute atomic E-state index is 0.675. The number of para-hydroxylation sites is 1. The fourth-order valence-corrected chi connectivity index (χ4v) is 9.82. The second-order valence-corrected chi connectivity index (χ2v) is 14.1. The number of thiophene rings is 2. The third kappa shape index (κ3) is 3.88. The van der Waals surface area contributed by atoms with Gasteiger partial charge in [-0.3, -0.25) is 0 Å². The lowest BCUT2D eigenvalue weighted by atomic mass is 9.93. The topological polar surface area (TPSA) is 28.7 Å². The van der Waals surface area contributed by atoms with E-state index < -0.39 is 0 Å². The number of nitrogens with zero attached hydrogens (tertiary/aromatic N) is 2. The normalized spacial score (nSPS) is 11.8. The first-order valence-electron chi connectivity index (χ1n) is 15.7. The molecule has 0 aliphatic rings. The van der Waals surface area contributed by atoms with Crippen LogP contribution in [0.5, 0.6) is 0 Å². The summed E-state index contributed by atoms with van der Waals surface area (Å²) in [5.41, 5.74) is 9.05. The Kier molecular flexibility index (Phi) is 5.71. The Morgan fingerprint density at radius 2 is 1.21 bits per heavy atom. The van der Waals surface area contributed by atoms with Gasteiger partial charge in [0, 0.05) is 52.0 Å². The van der Waals surface area contributed by atoms with Gasteiger partial charge < -0.3 is 4.57 Å². The van der Waals surface area contributed by atoms with Crippen LogP contribution in [0.4, 0.5) is 0 Å². The number of fused-ring (bicyclic) bond motifs is 9. The van der Waals surface area contributed by atoms with Crippen LogP contribution in [0, 0.1) is 11.3 Å². The maximum absolute atomic E-state index is 9.68. The van der Waals surface area contributed by atoms with E-state index in [0.29, 0.717) is 5.56 Å². The van der Waals surface area contributed by atoms with E-state index in [-0.39, 0.29) is 0 Å². The molecule has 0 radical (unpaired) electrons. The van der Waals surface area contributed by atoms with Crippen LogP contribution in [0.2, 0.25) is 0 Å². The molecule has 0 unspecified atom stereocenters. The molecule has 4 heteroatoms. The summed E-state index contributed by atoms with van der Waals surface area (Å²) in [6.07, 6.45) is 0. The molecule has 0 fully saturated rings. The molecular formula is C43H24N2S2. The van der Waals surface area contributed by atoms with Crippen LogP contribution >= 0.6 is 22.7 Å². The first-order chi connectivity index (χ1) is 23.3. The standard InChI is InChI=1S/C43H24N2S2/c44-25-26-20-21-37-34(22-26)30-12-4-6-16-36(30)45(37)38-17-8-15-31-35-24-28(23-33(42(35)47-43(31)38)27-10-2-1-3-11-27)29-14-9-19-40-41(29)32-13-5-7-18-39(32)46-40/h1-24H. The molecule has 218 valence electrons. The molecule has 0 spiro atoms. The Hall–Kier alpha value is -5.73. The highest BCUT2D eigenvalue weighted by Gasteiger charge is 2.20. The summed E-state index contributed by atoms with van der Waals surface area (Å²) in [7, 11) is 0. The quantitative estimate of drug-likeness (QED) is 0.190. The molecule has 0 bridgehead atoms. The third-order valence-corrected chi connectivity index (χ3v) is 11.8. The van der Waals surface area contributed by atoms with Crippen molar-refractivity contribution < 1.29 is 0 Å². The van der Waals surface area contributed by atoms with Crippen molar-refractivity contribution in [1.82, 2.24) is 4.57 Å². The summed E-state index contributed by atoms with van der Waals surface area (Å²) in [5.74, 6) is 0. The molecule has 3 heterocycles. The van der Waals surface area contributed by atoms with Gasteiger partial charge in [-0.2, -0.15) is 5.26 Å². The molecule has 0 saturated carbocycles. The van der Waals surface area contributed by atoms with Crippen LogP contribution in [0.15, 0.2) is 146 Å². The lowest BCUT2D eigenvalue weighted by molar-refractivity contribution is 1.20. The van der Waals surface area contributed by atoms with Gasteiger partial charge in [0.1, 0.15) is 0 Å². The minimum atomic E-state index is 0.675. The van der Waals surface area contributed by atoms with Gasteiger partial charge in [-0.1, -0.05) is 91.0 Å². The smallest absolute Gasteiger partial charge is 0.0991 e. The Balaban J connectivity index is 1.31. The van der Waals surface area contributed by atoms with Crippen molar-refractivity contribution >= 4 is 84.8 Å². The average molecular weight is 633 g/mol.